The van der Waals surface area contributed by atoms with Gasteiger partial charge in [-0.3, -0.25) is 19.5 Å². The molecule has 4 aromatic rings. The number of carbonyl (C=O) groups excluding carboxylic acids is 1. The van der Waals surface area contributed by atoms with E-state index < -0.39 is 16.9 Å². The monoisotopic (exact) mass is 599 g/mol. The normalized spacial score (nSPS) is 14.6. The Morgan fingerprint density at radius 3 is 2.53 bits per heavy atom. The number of hydrogen-bond acceptors (Lipinski definition) is 9. The maximum absolute atomic E-state index is 13.9. The van der Waals surface area contributed by atoms with Crippen LogP contribution in [-0.2, 0) is 16.1 Å². The molecule has 0 amide bonds. The van der Waals surface area contributed by atoms with Gasteiger partial charge in [0.1, 0.15) is 6.61 Å². The van der Waals surface area contributed by atoms with E-state index in [1.54, 1.807) is 41.0 Å². The third-order valence-corrected chi connectivity index (χ3v) is 7.83. The van der Waals surface area contributed by atoms with Gasteiger partial charge in [0.15, 0.2) is 16.3 Å². The van der Waals surface area contributed by atoms with Crippen molar-refractivity contribution in [3.05, 3.63) is 131 Å². The van der Waals surface area contributed by atoms with Gasteiger partial charge in [0.25, 0.3) is 11.2 Å². The van der Waals surface area contributed by atoms with Gasteiger partial charge in [-0.1, -0.05) is 66.8 Å². The van der Waals surface area contributed by atoms with Gasteiger partial charge in [0.2, 0.25) is 0 Å². The highest BCUT2D eigenvalue weighted by Crippen LogP contribution is 2.32. The first kappa shape index (κ1) is 29.5. The number of non-ortho nitro benzene ring substituents is 1. The van der Waals surface area contributed by atoms with Gasteiger partial charge in [-0.15, -0.1) is 0 Å². The van der Waals surface area contributed by atoms with Crippen molar-refractivity contribution in [2.24, 2.45) is 4.99 Å². The molecule has 1 aromatic heterocycles. The van der Waals surface area contributed by atoms with Crippen LogP contribution >= 0.6 is 11.3 Å². The van der Waals surface area contributed by atoms with Gasteiger partial charge in [-0.05, 0) is 48.2 Å². The summed E-state index contributed by atoms with van der Waals surface area (Å²) in [6.07, 6.45) is 2.25. The molecule has 11 heteroatoms. The van der Waals surface area contributed by atoms with Crippen LogP contribution in [0.3, 0.4) is 0 Å². The van der Waals surface area contributed by atoms with E-state index >= 15 is 0 Å². The molecular formula is C32H29N3O7S. The molecule has 0 saturated carbocycles. The van der Waals surface area contributed by atoms with Crippen molar-refractivity contribution in [1.29, 1.82) is 0 Å². The van der Waals surface area contributed by atoms with Crippen LogP contribution in [0.5, 0.6) is 11.5 Å². The molecule has 0 bridgehead atoms. The highest BCUT2D eigenvalue weighted by molar-refractivity contribution is 7.07. The summed E-state index contributed by atoms with van der Waals surface area (Å²) in [4.78, 5) is 42.7. The molecule has 5 rings (SSSR count). The summed E-state index contributed by atoms with van der Waals surface area (Å²) < 4.78 is 18.9. The summed E-state index contributed by atoms with van der Waals surface area (Å²) in [5.41, 5.74) is 2.76. The zero-order valence-corrected chi connectivity index (χ0v) is 24.6. The fourth-order valence-electron chi connectivity index (χ4n) is 4.89. The standard InChI is InChI=1S/C32H29N3O7S/c1-4-24-28(31(37)40-3)29(22-11-7-6-8-12-22)34-30(36)27(43-32(34)33-24)18-20-14-15-25(26(17-20)41-5-2)42-19-21-10-9-13-23(16-21)35(38)39/h6-18,29H,4-5,19H2,1-3H3/b27-18-/t29-/m0/s1. The number of thiazole rings is 1. The van der Waals surface area contributed by atoms with E-state index in [0.29, 0.717) is 56.3 Å². The van der Waals surface area contributed by atoms with Crippen LogP contribution in [0.15, 0.2) is 93.9 Å². The second-order valence-corrected chi connectivity index (χ2v) is 10.6. The van der Waals surface area contributed by atoms with Gasteiger partial charge in [-0.25, -0.2) is 9.79 Å². The summed E-state index contributed by atoms with van der Waals surface area (Å²) in [6.45, 7) is 4.26. The van der Waals surface area contributed by atoms with Crippen molar-refractivity contribution in [3.63, 3.8) is 0 Å². The Labute approximate surface area is 251 Å². The zero-order valence-electron chi connectivity index (χ0n) is 23.8. The Morgan fingerprint density at radius 1 is 1.05 bits per heavy atom. The van der Waals surface area contributed by atoms with Crippen molar-refractivity contribution in [1.82, 2.24) is 4.57 Å². The van der Waals surface area contributed by atoms with Gasteiger partial charge in [0.05, 0.1) is 40.5 Å². The smallest absolute Gasteiger partial charge is 0.338 e. The summed E-state index contributed by atoms with van der Waals surface area (Å²) >= 11 is 1.25. The number of rotatable bonds is 10. The van der Waals surface area contributed by atoms with Gasteiger partial charge in [0, 0.05) is 12.1 Å². The minimum absolute atomic E-state index is 0.0118. The molecule has 0 spiro atoms. The first-order valence-electron chi connectivity index (χ1n) is 13.7. The number of nitro benzene ring substituents is 1. The SMILES string of the molecule is CCOc1cc(/C=c2\sc3n(c2=O)[C@@H](c2ccccc2)C(C(=O)OC)=C(CC)N=3)ccc1OCc1cccc([N+](=O)[O-])c1. The first-order valence-corrected chi connectivity index (χ1v) is 14.5. The molecule has 1 aliphatic heterocycles. The van der Waals surface area contributed by atoms with Crippen LogP contribution in [0.25, 0.3) is 6.08 Å². The predicted octanol–water partition coefficient (Wildman–Crippen LogP) is 4.68. The Morgan fingerprint density at radius 2 is 1.84 bits per heavy atom. The van der Waals surface area contributed by atoms with E-state index in [0.717, 1.165) is 5.56 Å². The fourth-order valence-corrected chi connectivity index (χ4v) is 5.91. The number of methoxy groups -OCH3 is 1. The average molecular weight is 600 g/mol. The summed E-state index contributed by atoms with van der Waals surface area (Å²) in [5, 5.41) is 11.1. The van der Waals surface area contributed by atoms with Crippen LogP contribution in [0.1, 0.15) is 43.0 Å². The zero-order chi connectivity index (χ0) is 30.5. The molecule has 0 fully saturated rings. The summed E-state index contributed by atoms with van der Waals surface area (Å²) in [7, 11) is 1.32. The number of ether oxygens (including phenoxy) is 3. The third kappa shape index (κ3) is 6.12. The van der Waals surface area contributed by atoms with E-state index in [1.807, 2.05) is 44.2 Å². The highest BCUT2D eigenvalue weighted by Gasteiger charge is 2.33. The molecule has 0 unspecified atom stereocenters. The molecule has 1 aliphatic rings. The van der Waals surface area contributed by atoms with E-state index in [9.17, 15) is 19.7 Å². The number of fused-ring (bicyclic) bond motifs is 1. The molecule has 0 aliphatic carbocycles. The van der Waals surface area contributed by atoms with Gasteiger partial charge in [-0.2, -0.15) is 0 Å². The summed E-state index contributed by atoms with van der Waals surface area (Å²) in [6, 6.07) is 20.3. The molecule has 2 heterocycles. The number of nitrogens with zero attached hydrogens (tertiary/aromatic N) is 3. The van der Waals surface area contributed by atoms with Crippen molar-refractivity contribution in [2.45, 2.75) is 32.9 Å². The second kappa shape index (κ2) is 12.9. The van der Waals surface area contributed by atoms with Crippen LogP contribution in [-0.4, -0.2) is 29.2 Å². The lowest BCUT2D eigenvalue weighted by Crippen LogP contribution is -2.40. The molecular weight excluding hydrogens is 570 g/mol. The number of benzene rings is 3. The molecule has 0 saturated heterocycles. The summed E-state index contributed by atoms with van der Waals surface area (Å²) in [5.74, 6) is 0.412. The van der Waals surface area contributed by atoms with Crippen molar-refractivity contribution >= 4 is 29.1 Å². The molecule has 220 valence electrons. The second-order valence-electron chi connectivity index (χ2n) is 9.55. The number of carbonyl (C=O) groups is 1. The number of hydrogen-bond donors (Lipinski definition) is 0. The van der Waals surface area contributed by atoms with E-state index in [4.69, 9.17) is 19.2 Å². The maximum atomic E-state index is 13.9. The fraction of sp³-hybridized carbons (Fsp3) is 0.219. The number of aromatic nitrogens is 1. The van der Waals surface area contributed by atoms with E-state index in [1.165, 1.54) is 30.6 Å². The van der Waals surface area contributed by atoms with Gasteiger partial charge >= 0.3 is 5.97 Å². The predicted molar refractivity (Wildman–Crippen MR) is 162 cm³/mol. The Bertz CT molecular complexity index is 1890. The molecule has 1 atom stereocenters. The highest BCUT2D eigenvalue weighted by atomic mass is 32.1. The van der Waals surface area contributed by atoms with Crippen LogP contribution in [0, 0.1) is 10.1 Å². The topological polar surface area (TPSA) is 122 Å². The lowest BCUT2D eigenvalue weighted by Gasteiger charge is -2.25. The van der Waals surface area contributed by atoms with Crippen LogP contribution in [0.2, 0.25) is 0 Å². The Kier molecular flexibility index (Phi) is 8.82. The van der Waals surface area contributed by atoms with E-state index in [2.05, 4.69) is 0 Å². The van der Waals surface area contributed by atoms with E-state index in [-0.39, 0.29) is 17.9 Å². The molecule has 0 N–H and O–H groups in total. The van der Waals surface area contributed by atoms with Crippen LogP contribution < -0.4 is 24.4 Å². The Balaban J connectivity index is 1.54. The van der Waals surface area contributed by atoms with Crippen molar-refractivity contribution < 1.29 is 23.9 Å². The van der Waals surface area contributed by atoms with Crippen molar-refractivity contribution in [2.75, 3.05) is 13.7 Å². The number of esters is 1. The molecule has 10 nitrogen and oxygen atoms in total. The van der Waals surface area contributed by atoms with Crippen LogP contribution in [0.4, 0.5) is 5.69 Å². The quantitative estimate of drug-likeness (QED) is 0.147. The number of nitro groups is 1. The largest absolute Gasteiger partial charge is 0.490 e. The first-order chi connectivity index (χ1) is 20.8. The molecule has 0 radical (unpaired) electrons. The maximum Gasteiger partial charge on any atom is 0.338 e. The lowest BCUT2D eigenvalue weighted by atomic mass is 9.95. The average Bonchev–Trinajstić information content (AvgIpc) is 3.33. The minimum Gasteiger partial charge on any atom is -0.490 e. The van der Waals surface area contributed by atoms with Gasteiger partial charge < -0.3 is 14.2 Å². The third-order valence-electron chi connectivity index (χ3n) is 6.85. The van der Waals surface area contributed by atoms with Crippen molar-refractivity contribution in [3.8, 4) is 11.5 Å². The minimum atomic E-state index is -0.675. The molecule has 3 aromatic carbocycles. The molecule has 43 heavy (non-hydrogen) atoms. The Hall–Kier alpha value is -5.03. The lowest BCUT2D eigenvalue weighted by molar-refractivity contribution is -0.384. The number of allylic oxidation sites excluding steroid dienone is 1.